The summed E-state index contributed by atoms with van der Waals surface area (Å²) in [5.41, 5.74) is 14.2. The standard InChI is InChI=1S/C52H33N3O/c1-4-15-34(16-5-1)36-19-12-21-38(31-36)46-33-47(54-52(53-46)35-17-6-2-7-18-35)39-22-13-20-37(32-39)41-26-14-27-44-45-30-29-43-42-25-10-11-28-48(42)55(40-23-8-3-9-24-40)49(43)51(45)56-50(41)44/h1-33H. The average Bonchev–Trinajstić information content (AvgIpc) is 3.83. The van der Waals surface area contributed by atoms with Gasteiger partial charge in [0.1, 0.15) is 5.58 Å². The first-order chi connectivity index (χ1) is 27.8. The first-order valence-electron chi connectivity index (χ1n) is 18.9. The molecule has 3 heterocycles. The second kappa shape index (κ2) is 13.1. The van der Waals surface area contributed by atoms with E-state index in [0.29, 0.717) is 5.82 Å². The summed E-state index contributed by atoms with van der Waals surface area (Å²) in [6.07, 6.45) is 0. The molecule has 0 N–H and O–H groups in total. The molecule has 0 amide bonds. The van der Waals surface area contributed by atoms with Gasteiger partial charge in [-0.15, -0.1) is 0 Å². The van der Waals surface area contributed by atoms with Gasteiger partial charge in [-0.2, -0.15) is 0 Å². The van der Waals surface area contributed by atoms with Crippen molar-refractivity contribution in [3.05, 3.63) is 200 Å². The van der Waals surface area contributed by atoms with Crippen molar-refractivity contribution in [2.75, 3.05) is 0 Å². The molecule has 11 aromatic rings. The highest BCUT2D eigenvalue weighted by atomic mass is 16.3. The number of para-hydroxylation sites is 3. The van der Waals surface area contributed by atoms with Crippen LogP contribution in [0.1, 0.15) is 0 Å². The molecule has 0 aliphatic heterocycles. The van der Waals surface area contributed by atoms with Crippen LogP contribution in [0.2, 0.25) is 0 Å². The van der Waals surface area contributed by atoms with Crippen LogP contribution in [0.3, 0.4) is 0 Å². The monoisotopic (exact) mass is 715 g/mol. The maximum atomic E-state index is 7.04. The molecule has 11 rings (SSSR count). The van der Waals surface area contributed by atoms with Crippen LogP contribution >= 0.6 is 0 Å². The topological polar surface area (TPSA) is 43.9 Å². The lowest BCUT2D eigenvalue weighted by atomic mass is 9.98. The number of rotatable bonds is 6. The van der Waals surface area contributed by atoms with Gasteiger partial charge in [-0.05, 0) is 59.2 Å². The Bertz CT molecular complexity index is 3240. The van der Waals surface area contributed by atoms with Crippen molar-refractivity contribution < 1.29 is 4.42 Å². The normalized spacial score (nSPS) is 11.6. The predicted molar refractivity (Wildman–Crippen MR) is 231 cm³/mol. The van der Waals surface area contributed by atoms with Gasteiger partial charge >= 0.3 is 0 Å². The van der Waals surface area contributed by atoms with Crippen molar-refractivity contribution in [2.45, 2.75) is 0 Å². The molecule has 0 aliphatic carbocycles. The SMILES string of the molecule is c1ccc(-c2cccc(-c3cc(-c4cccc(-c5cccc6c5oc5c6ccc6c7ccccc7n(-c7ccccc7)c65)c4)nc(-c4ccccc4)n3)c2)cc1. The number of hydrogen-bond acceptors (Lipinski definition) is 3. The van der Waals surface area contributed by atoms with Crippen LogP contribution in [-0.4, -0.2) is 14.5 Å². The van der Waals surface area contributed by atoms with E-state index in [1.54, 1.807) is 0 Å². The Morgan fingerprint density at radius 3 is 1.64 bits per heavy atom. The molecular weight excluding hydrogens is 683 g/mol. The summed E-state index contributed by atoms with van der Waals surface area (Å²) in [6, 6.07) is 70.1. The highest BCUT2D eigenvalue weighted by Gasteiger charge is 2.21. The van der Waals surface area contributed by atoms with E-state index >= 15 is 0 Å². The van der Waals surface area contributed by atoms with Crippen molar-refractivity contribution in [1.29, 1.82) is 0 Å². The molecule has 4 nitrogen and oxygen atoms in total. The van der Waals surface area contributed by atoms with Gasteiger partial charge in [-0.25, -0.2) is 9.97 Å². The Kier molecular flexibility index (Phi) is 7.46. The number of aromatic nitrogens is 3. The summed E-state index contributed by atoms with van der Waals surface area (Å²) >= 11 is 0. The van der Waals surface area contributed by atoms with E-state index in [9.17, 15) is 0 Å². The molecule has 262 valence electrons. The lowest BCUT2D eigenvalue weighted by Crippen LogP contribution is -1.96. The third kappa shape index (κ3) is 5.31. The van der Waals surface area contributed by atoms with Gasteiger partial charge in [-0.1, -0.05) is 158 Å². The van der Waals surface area contributed by atoms with Crippen molar-refractivity contribution in [2.24, 2.45) is 0 Å². The fourth-order valence-corrected chi connectivity index (χ4v) is 8.17. The summed E-state index contributed by atoms with van der Waals surface area (Å²) in [7, 11) is 0. The predicted octanol–water partition coefficient (Wildman–Crippen LogP) is 13.8. The van der Waals surface area contributed by atoms with Crippen LogP contribution in [0.25, 0.3) is 106 Å². The van der Waals surface area contributed by atoms with Crippen molar-refractivity contribution in [3.63, 3.8) is 0 Å². The molecule has 0 spiro atoms. The van der Waals surface area contributed by atoms with E-state index in [0.717, 1.165) is 83.4 Å². The Morgan fingerprint density at radius 2 is 0.893 bits per heavy atom. The molecule has 8 aromatic carbocycles. The zero-order valence-electron chi connectivity index (χ0n) is 30.3. The molecule has 3 aromatic heterocycles. The van der Waals surface area contributed by atoms with Crippen molar-refractivity contribution in [1.82, 2.24) is 14.5 Å². The molecule has 56 heavy (non-hydrogen) atoms. The highest BCUT2D eigenvalue weighted by molar-refractivity contribution is 6.22. The zero-order valence-corrected chi connectivity index (χ0v) is 30.3. The number of nitrogens with zero attached hydrogens (tertiary/aromatic N) is 3. The lowest BCUT2D eigenvalue weighted by molar-refractivity contribution is 0.672. The summed E-state index contributed by atoms with van der Waals surface area (Å²) in [5, 5.41) is 4.55. The van der Waals surface area contributed by atoms with Gasteiger partial charge in [0.25, 0.3) is 0 Å². The molecule has 0 fully saturated rings. The fourth-order valence-electron chi connectivity index (χ4n) is 8.17. The van der Waals surface area contributed by atoms with E-state index in [-0.39, 0.29) is 0 Å². The molecule has 0 bridgehead atoms. The maximum absolute atomic E-state index is 7.04. The average molecular weight is 716 g/mol. The number of fused-ring (bicyclic) bond motifs is 7. The molecular formula is C52H33N3O. The third-order valence-corrected chi connectivity index (χ3v) is 10.8. The van der Waals surface area contributed by atoms with Crippen LogP contribution in [0.4, 0.5) is 0 Å². The minimum Gasteiger partial charge on any atom is -0.453 e. The second-order valence-electron chi connectivity index (χ2n) is 14.2. The Morgan fingerprint density at radius 1 is 0.357 bits per heavy atom. The number of hydrogen-bond donors (Lipinski definition) is 0. The van der Waals surface area contributed by atoms with Gasteiger partial charge in [0.05, 0.1) is 22.4 Å². The molecule has 0 atom stereocenters. The second-order valence-corrected chi connectivity index (χ2v) is 14.2. The Balaban J connectivity index is 1.08. The largest absolute Gasteiger partial charge is 0.453 e. The number of benzene rings is 8. The minimum absolute atomic E-state index is 0.686. The molecule has 0 radical (unpaired) electrons. The van der Waals surface area contributed by atoms with E-state index < -0.39 is 0 Å². The van der Waals surface area contributed by atoms with Crippen LogP contribution < -0.4 is 0 Å². The number of furan rings is 1. The summed E-state index contributed by atoms with van der Waals surface area (Å²) in [4.78, 5) is 10.3. The third-order valence-electron chi connectivity index (χ3n) is 10.8. The molecule has 0 aliphatic rings. The van der Waals surface area contributed by atoms with Crippen molar-refractivity contribution >= 4 is 43.7 Å². The van der Waals surface area contributed by atoms with Gasteiger partial charge in [0.15, 0.2) is 11.4 Å². The zero-order chi connectivity index (χ0) is 37.0. The van der Waals surface area contributed by atoms with Gasteiger partial charge in [0, 0.05) is 49.5 Å². The Hall–Kier alpha value is -7.56. The summed E-state index contributed by atoms with van der Waals surface area (Å²) < 4.78 is 9.38. The van der Waals surface area contributed by atoms with E-state index in [1.165, 1.54) is 16.3 Å². The molecule has 4 heteroatoms. The van der Waals surface area contributed by atoms with E-state index in [4.69, 9.17) is 14.4 Å². The van der Waals surface area contributed by atoms with Crippen LogP contribution in [0.5, 0.6) is 0 Å². The first-order valence-corrected chi connectivity index (χ1v) is 18.9. The fraction of sp³-hybridized carbons (Fsp3) is 0. The van der Waals surface area contributed by atoms with Crippen LogP contribution in [0.15, 0.2) is 205 Å². The van der Waals surface area contributed by atoms with E-state index in [2.05, 4.69) is 180 Å². The quantitative estimate of drug-likeness (QED) is 0.172. The smallest absolute Gasteiger partial charge is 0.160 e. The van der Waals surface area contributed by atoms with Gasteiger partial charge < -0.3 is 8.98 Å². The summed E-state index contributed by atoms with van der Waals surface area (Å²) in [6.45, 7) is 0. The molecule has 0 unspecified atom stereocenters. The highest BCUT2D eigenvalue weighted by Crippen LogP contribution is 2.43. The summed E-state index contributed by atoms with van der Waals surface area (Å²) in [5.74, 6) is 0.686. The van der Waals surface area contributed by atoms with Crippen LogP contribution in [0, 0.1) is 0 Å². The van der Waals surface area contributed by atoms with Gasteiger partial charge in [0.2, 0.25) is 0 Å². The maximum Gasteiger partial charge on any atom is 0.160 e. The molecule has 0 saturated heterocycles. The first kappa shape index (κ1) is 31.9. The van der Waals surface area contributed by atoms with Gasteiger partial charge in [-0.3, -0.25) is 0 Å². The Labute approximate surface area is 323 Å². The lowest BCUT2D eigenvalue weighted by Gasteiger charge is -2.11. The van der Waals surface area contributed by atoms with Crippen molar-refractivity contribution in [3.8, 4) is 61.8 Å². The minimum atomic E-state index is 0.686. The van der Waals surface area contributed by atoms with Crippen LogP contribution in [-0.2, 0) is 0 Å². The van der Waals surface area contributed by atoms with E-state index in [1.807, 2.05) is 24.3 Å². The molecule has 0 saturated carbocycles.